The van der Waals surface area contributed by atoms with E-state index >= 15 is 0 Å². The normalized spacial score (nSPS) is 14.4. The molecule has 3 aromatic rings. The highest BCUT2D eigenvalue weighted by Gasteiger charge is 2.32. The van der Waals surface area contributed by atoms with Crippen molar-refractivity contribution in [2.75, 3.05) is 6.54 Å². The molecule has 0 atom stereocenters. The first-order chi connectivity index (χ1) is 19.7. The number of hydrogen-bond donors (Lipinski definition) is 1. The van der Waals surface area contributed by atoms with Crippen LogP contribution in [0.5, 0.6) is 11.6 Å². The average Bonchev–Trinajstić information content (AvgIpc) is 3.20. The first-order valence-electron chi connectivity index (χ1n) is 13.4. The number of carbonyl (C=O) groups excluding carboxylic acids is 1. The van der Waals surface area contributed by atoms with Gasteiger partial charge in [-0.05, 0) is 49.2 Å². The lowest BCUT2D eigenvalue weighted by Gasteiger charge is -2.14. The van der Waals surface area contributed by atoms with Crippen LogP contribution in [0.3, 0.4) is 0 Å². The van der Waals surface area contributed by atoms with Gasteiger partial charge in [-0.1, -0.05) is 91.8 Å². The highest BCUT2D eigenvalue weighted by Crippen LogP contribution is 2.36. The Balaban J connectivity index is 1.43. The highest BCUT2D eigenvalue weighted by molar-refractivity contribution is 8.26. The van der Waals surface area contributed by atoms with Crippen LogP contribution in [0, 0.1) is 0 Å². The van der Waals surface area contributed by atoms with Crippen LogP contribution in [0.2, 0.25) is 10.0 Å². The number of nitrogens with zero attached hydrogens (tertiary/aromatic N) is 3. The Kier molecular flexibility index (Phi) is 11.2. The molecule has 0 aliphatic carbocycles. The maximum atomic E-state index is 13.5. The van der Waals surface area contributed by atoms with Gasteiger partial charge in [-0.3, -0.25) is 23.7 Å². The van der Waals surface area contributed by atoms with Gasteiger partial charge in [0.25, 0.3) is 11.5 Å². The molecule has 1 saturated heterocycles. The molecule has 216 valence electrons. The van der Waals surface area contributed by atoms with Crippen LogP contribution in [0.1, 0.15) is 63.4 Å². The Bertz CT molecular complexity index is 1540. The van der Waals surface area contributed by atoms with E-state index in [-0.39, 0.29) is 34.5 Å². The van der Waals surface area contributed by atoms with Crippen molar-refractivity contribution in [2.24, 2.45) is 0 Å². The molecular weight excluding hydrogens is 605 g/mol. The molecule has 3 heterocycles. The molecule has 0 saturated carbocycles. The number of amides is 1. The van der Waals surface area contributed by atoms with Gasteiger partial charge in [-0.2, -0.15) is 4.98 Å². The molecule has 0 unspecified atom stereocenters. The fourth-order valence-corrected chi connectivity index (χ4v) is 6.11. The third-order valence-corrected chi connectivity index (χ3v) is 8.41. The van der Waals surface area contributed by atoms with Gasteiger partial charge in [-0.25, -0.2) is 0 Å². The summed E-state index contributed by atoms with van der Waals surface area (Å²) in [6.07, 6.45) is 11.0. The number of thiocarbonyl (C=S) groups is 1. The smallest absolute Gasteiger partial charge is 0.303 e. The second-order valence-electron chi connectivity index (χ2n) is 9.55. The van der Waals surface area contributed by atoms with Gasteiger partial charge in [0.2, 0.25) is 5.88 Å². The number of rotatable bonds is 14. The van der Waals surface area contributed by atoms with Gasteiger partial charge in [-0.15, -0.1) is 0 Å². The van der Waals surface area contributed by atoms with Gasteiger partial charge in [0, 0.05) is 24.2 Å². The number of aromatic nitrogens is 2. The summed E-state index contributed by atoms with van der Waals surface area (Å²) in [6, 6.07) is 9.88. The van der Waals surface area contributed by atoms with Crippen molar-refractivity contribution in [1.29, 1.82) is 0 Å². The largest absolute Gasteiger partial charge is 0.481 e. The van der Waals surface area contributed by atoms with E-state index < -0.39 is 11.5 Å². The lowest BCUT2D eigenvalue weighted by Crippen LogP contribution is -2.29. The van der Waals surface area contributed by atoms with Gasteiger partial charge < -0.3 is 9.84 Å². The fourth-order valence-electron chi connectivity index (χ4n) is 4.38. The van der Waals surface area contributed by atoms with Crippen LogP contribution in [-0.2, 0) is 9.59 Å². The number of ether oxygens (including phenoxy) is 1. The van der Waals surface area contributed by atoms with Crippen molar-refractivity contribution in [3.05, 3.63) is 73.5 Å². The van der Waals surface area contributed by atoms with Crippen molar-refractivity contribution >= 4 is 75.1 Å². The first-order valence-corrected chi connectivity index (χ1v) is 15.3. The maximum Gasteiger partial charge on any atom is 0.303 e. The van der Waals surface area contributed by atoms with E-state index in [4.69, 9.17) is 45.3 Å². The predicted octanol–water partition coefficient (Wildman–Crippen LogP) is 7.59. The zero-order valence-corrected chi connectivity index (χ0v) is 25.3. The van der Waals surface area contributed by atoms with E-state index in [1.807, 2.05) is 0 Å². The maximum absolute atomic E-state index is 13.5. The van der Waals surface area contributed by atoms with Crippen molar-refractivity contribution in [1.82, 2.24) is 14.3 Å². The van der Waals surface area contributed by atoms with Crippen LogP contribution in [0.4, 0.5) is 0 Å². The molecule has 1 aliphatic rings. The Labute approximate surface area is 257 Å². The Morgan fingerprint density at radius 2 is 1.73 bits per heavy atom. The number of benzene rings is 1. The molecule has 41 heavy (non-hydrogen) atoms. The van der Waals surface area contributed by atoms with Crippen molar-refractivity contribution < 1.29 is 19.4 Å². The van der Waals surface area contributed by atoms with E-state index in [9.17, 15) is 14.4 Å². The quantitative estimate of drug-likeness (QED) is 0.110. The monoisotopic (exact) mass is 633 g/mol. The summed E-state index contributed by atoms with van der Waals surface area (Å²) in [5.74, 6) is -0.718. The minimum atomic E-state index is -0.742. The number of hydrogen-bond acceptors (Lipinski definition) is 7. The first kappa shape index (κ1) is 31.0. The molecule has 2 aromatic heterocycles. The molecule has 1 aliphatic heterocycles. The fraction of sp³-hybridized carbons (Fsp3) is 0.345. The number of carboxylic acids is 1. The molecule has 4 rings (SSSR count). The third kappa shape index (κ3) is 8.31. The Morgan fingerprint density at radius 3 is 2.44 bits per heavy atom. The second kappa shape index (κ2) is 14.8. The molecule has 1 amide bonds. The van der Waals surface area contributed by atoms with Crippen LogP contribution < -0.4 is 10.3 Å². The average molecular weight is 635 g/mol. The standard InChI is InChI=1S/C29H29Cl2N3O5S2/c30-19-13-14-22(21(31)17-19)39-26-20(27(37)33-15-10-8-11-24(33)32-26)18-23-28(38)34(29(40)41-23)16-9-6-4-2-1-3-5-7-12-25(35)36/h8,10-11,13-15,17-18H,1-7,9,12,16H2,(H,35,36)/b23-18+. The van der Waals surface area contributed by atoms with E-state index in [2.05, 4.69) is 4.98 Å². The SMILES string of the molecule is O=C(O)CCCCCCCCCCN1C(=O)/C(=C\c2c(Oc3ccc(Cl)cc3Cl)nc3ccccn3c2=O)SC1=S. The summed E-state index contributed by atoms with van der Waals surface area (Å²) in [5.41, 5.74) is 0.0787. The van der Waals surface area contributed by atoms with Gasteiger partial charge >= 0.3 is 5.97 Å². The van der Waals surface area contributed by atoms with Crippen LogP contribution in [-0.4, -0.2) is 42.1 Å². The molecule has 0 spiro atoms. The summed E-state index contributed by atoms with van der Waals surface area (Å²) < 4.78 is 7.80. The van der Waals surface area contributed by atoms with Crippen molar-refractivity contribution in [3.63, 3.8) is 0 Å². The number of pyridine rings is 1. The van der Waals surface area contributed by atoms with Crippen LogP contribution in [0.15, 0.2) is 52.3 Å². The number of carbonyl (C=O) groups is 2. The zero-order valence-electron chi connectivity index (χ0n) is 22.2. The topological polar surface area (TPSA) is 101 Å². The second-order valence-corrected chi connectivity index (χ2v) is 12.1. The molecule has 1 aromatic carbocycles. The van der Waals surface area contributed by atoms with E-state index in [0.29, 0.717) is 26.4 Å². The highest BCUT2D eigenvalue weighted by atomic mass is 35.5. The van der Waals surface area contributed by atoms with E-state index in [0.717, 1.165) is 63.1 Å². The molecule has 1 fully saturated rings. The Morgan fingerprint density at radius 1 is 1.02 bits per heavy atom. The van der Waals surface area contributed by atoms with Crippen molar-refractivity contribution in [2.45, 2.75) is 57.8 Å². The lowest BCUT2D eigenvalue weighted by molar-refractivity contribution is -0.137. The summed E-state index contributed by atoms with van der Waals surface area (Å²) in [6.45, 7) is 0.499. The van der Waals surface area contributed by atoms with Gasteiger partial charge in [0.05, 0.1) is 9.93 Å². The zero-order chi connectivity index (χ0) is 29.4. The predicted molar refractivity (Wildman–Crippen MR) is 167 cm³/mol. The summed E-state index contributed by atoms with van der Waals surface area (Å²) in [5, 5.41) is 9.38. The van der Waals surface area contributed by atoms with E-state index in [1.165, 1.54) is 16.5 Å². The summed E-state index contributed by atoms with van der Waals surface area (Å²) in [7, 11) is 0. The minimum absolute atomic E-state index is 0.0126. The summed E-state index contributed by atoms with van der Waals surface area (Å²) in [4.78, 5) is 43.7. The van der Waals surface area contributed by atoms with Crippen LogP contribution >= 0.6 is 47.2 Å². The number of aliphatic carboxylic acids is 1. The minimum Gasteiger partial charge on any atom is -0.481 e. The molecule has 12 heteroatoms. The van der Waals surface area contributed by atoms with Crippen molar-refractivity contribution in [3.8, 4) is 11.6 Å². The number of carboxylic acid groups (broad SMARTS) is 1. The van der Waals surface area contributed by atoms with Gasteiger partial charge in [0.15, 0.2) is 0 Å². The number of thioether (sulfide) groups is 1. The number of fused-ring (bicyclic) bond motifs is 1. The van der Waals surface area contributed by atoms with Crippen LogP contribution in [0.25, 0.3) is 11.7 Å². The Hall–Kier alpha value is -2.92. The third-order valence-electron chi connectivity index (χ3n) is 6.51. The number of unbranched alkanes of at least 4 members (excludes halogenated alkanes) is 7. The number of halogens is 2. The molecule has 8 nitrogen and oxygen atoms in total. The summed E-state index contributed by atoms with van der Waals surface area (Å²) >= 11 is 19.0. The molecule has 0 radical (unpaired) electrons. The van der Waals surface area contributed by atoms with E-state index in [1.54, 1.807) is 41.4 Å². The lowest BCUT2D eigenvalue weighted by atomic mass is 10.1. The van der Waals surface area contributed by atoms with Gasteiger partial charge in [0.1, 0.15) is 21.3 Å². The molecule has 0 bridgehead atoms. The molecular formula is C29H29Cl2N3O5S2. The molecule has 1 N–H and O–H groups in total.